The summed E-state index contributed by atoms with van der Waals surface area (Å²) in [7, 11) is 0. The van der Waals surface area contributed by atoms with Crippen LogP contribution in [0, 0.1) is 11.8 Å². The third-order valence-electron chi connectivity index (χ3n) is 3.19. The molecular weight excluding hydrogens is 144 g/mol. The van der Waals surface area contributed by atoms with E-state index in [9.17, 15) is 0 Å². The van der Waals surface area contributed by atoms with Gasteiger partial charge in [-0.3, -0.25) is 0 Å². The van der Waals surface area contributed by atoms with Crippen molar-refractivity contribution in [3.8, 4) is 0 Å². The smallest absolute Gasteiger partial charge is 0.0292 e. The molecule has 0 heterocycles. The van der Waals surface area contributed by atoms with Crippen LogP contribution in [0.1, 0.15) is 52.4 Å². The predicted octanol–water partition coefficient (Wildman–Crippen LogP) is 4.17. The first kappa shape index (κ1) is 9.83. The zero-order valence-corrected chi connectivity index (χ0v) is 8.60. The third-order valence-corrected chi connectivity index (χ3v) is 3.19. The van der Waals surface area contributed by atoms with Gasteiger partial charge < -0.3 is 0 Å². The Hall–Kier alpha value is -0.260. The minimum absolute atomic E-state index is 0.957. The molecule has 0 aromatic carbocycles. The first-order chi connectivity index (χ1) is 5.74. The Bertz CT molecular complexity index is 146. The highest BCUT2D eigenvalue weighted by atomic mass is 14.3. The summed E-state index contributed by atoms with van der Waals surface area (Å²) in [6.45, 7) is 8.78. The van der Waals surface area contributed by atoms with Crippen LogP contribution in [-0.4, -0.2) is 0 Å². The molecule has 1 aliphatic carbocycles. The molecule has 0 aromatic heterocycles. The Balaban J connectivity index is 2.25. The molecule has 0 spiro atoms. The van der Waals surface area contributed by atoms with Crippen molar-refractivity contribution in [1.82, 2.24) is 0 Å². The molecule has 2 unspecified atom stereocenters. The van der Waals surface area contributed by atoms with E-state index in [4.69, 9.17) is 0 Å². The Morgan fingerprint density at radius 1 is 1.42 bits per heavy atom. The zero-order chi connectivity index (χ0) is 8.97. The SMILES string of the molecule is C=C(CCC)CC1CCCC1C. The van der Waals surface area contributed by atoms with Crippen LogP contribution in [-0.2, 0) is 0 Å². The van der Waals surface area contributed by atoms with Crippen LogP contribution in [0.25, 0.3) is 0 Å². The summed E-state index contributed by atoms with van der Waals surface area (Å²) in [5, 5.41) is 0. The highest BCUT2D eigenvalue weighted by Crippen LogP contribution is 2.35. The maximum Gasteiger partial charge on any atom is -0.0292 e. The second-order valence-electron chi connectivity index (χ2n) is 4.37. The minimum Gasteiger partial charge on any atom is -0.0999 e. The van der Waals surface area contributed by atoms with E-state index in [-0.39, 0.29) is 0 Å². The van der Waals surface area contributed by atoms with Gasteiger partial charge in [0, 0.05) is 0 Å². The Labute approximate surface area is 77.1 Å². The van der Waals surface area contributed by atoms with E-state index >= 15 is 0 Å². The average Bonchev–Trinajstić information content (AvgIpc) is 2.37. The van der Waals surface area contributed by atoms with Gasteiger partial charge in [0.1, 0.15) is 0 Å². The fourth-order valence-electron chi connectivity index (χ4n) is 2.35. The third kappa shape index (κ3) is 2.66. The van der Waals surface area contributed by atoms with Gasteiger partial charge in [0.15, 0.2) is 0 Å². The molecule has 12 heavy (non-hydrogen) atoms. The molecule has 0 saturated heterocycles. The van der Waals surface area contributed by atoms with E-state index in [1.165, 1.54) is 44.1 Å². The van der Waals surface area contributed by atoms with Gasteiger partial charge in [-0.25, -0.2) is 0 Å². The Morgan fingerprint density at radius 2 is 2.17 bits per heavy atom. The van der Waals surface area contributed by atoms with Crippen molar-refractivity contribution >= 4 is 0 Å². The Kier molecular flexibility index (Phi) is 3.84. The molecule has 0 bridgehead atoms. The van der Waals surface area contributed by atoms with Gasteiger partial charge in [-0.2, -0.15) is 0 Å². The van der Waals surface area contributed by atoms with E-state index in [1.807, 2.05) is 0 Å². The second kappa shape index (κ2) is 4.69. The molecule has 0 heteroatoms. The van der Waals surface area contributed by atoms with E-state index < -0.39 is 0 Å². The van der Waals surface area contributed by atoms with Crippen molar-refractivity contribution in [2.45, 2.75) is 52.4 Å². The fourth-order valence-corrected chi connectivity index (χ4v) is 2.35. The summed E-state index contributed by atoms with van der Waals surface area (Å²) >= 11 is 0. The normalized spacial score (nSPS) is 29.2. The van der Waals surface area contributed by atoms with Crippen LogP contribution in [0.3, 0.4) is 0 Å². The number of hydrogen-bond donors (Lipinski definition) is 0. The van der Waals surface area contributed by atoms with Gasteiger partial charge in [0.25, 0.3) is 0 Å². The summed E-state index contributed by atoms with van der Waals surface area (Å²) in [5.41, 5.74) is 1.48. The van der Waals surface area contributed by atoms with E-state index in [1.54, 1.807) is 0 Å². The van der Waals surface area contributed by atoms with Crippen LogP contribution >= 0.6 is 0 Å². The van der Waals surface area contributed by atoms with E-state index in [0.29, 0.717) is 0 Å². The lowest BCUT2D eigenvalue weighted by Crippen LogP contribution is -2.04. The van der Waals surface area contributed by atoms with Crippen LogP contribution in [0.4, 0.5) is 0 Å². The maximum atomic E-state index is 4.14. The van der Waals surface area contributed by atoms with Crippen molar-refractivity contribution in [2.24, 2.45) is 11.8 Å². The van der Waals surface area contributed by atoms with Gasteiger partial charge in [-0.05, 0) is 31.1 Å². The first-order valence-corrected chi connectivity index (χ1v) is 5.40. The number of rotatable bonds is 4. The molecule has 0 amide bonds. The van der Waals surface area contributed by atoms with Crippen LogP contribution in [0.2, 0.25) is 0 Å². The predicted molar refractivity (Wildman–Crippen MR) is 55.2 cm³/mol. The summed E-state index contributed by atoms with van der Waals surface area (Å²) in [4.78, 5) is 0. The summed E-state index contributed by atoms with van der Waals surface area (Å²) in [6, 6.07) is 0. The van der Waals surface area contributed by atoms with Crippen molar-refractivity contribution in [3.63, 3.8) is 0 Å². The van der Waals surface area contributed by atoms with E-state index in [2.05, 4.69) is 20.4 Å². The molecule has 0 nitrogen and oxygen atoms in total. The quantitative estimate of drug-likeness (QED) is 0.550. The largest absolute Gasteiger partial charge is 0.0999 e. The van der Waals surface area contributed by atoms with Gasteiger partial charge in [-0.1, -0.05) is 45.3 Å². The molecule has 1 saturated carbocycles. The monoisotopic (exact) mass is 166 g/mol. The van der Waals surface area contributed by atoms with Crippen LogP contribution in [0.15, 0.2) is 12.2 Å². The van der Waals surface area contributed by atoms with Crippen LogP contribution in [0.5, 0.6) is 0 Å². The summed E-state index contributed by atoms with van der Waals surface area (Å²) in [6.07, 6.45) is 8.15. The topological polar surface area (TPSA) is 0 Å². The number of hydrogen-bond acceptors (Lipinski definition) is 0. The molecule has 0 aromatic rings. The fraction of sp³-hybridized carbons (Fsp3) is 0.833. The summed E-state index contributed by atoms with van der Waals surface area (Å²) < 4.78 is 0. The average molecular weight is 166 g/mol. The molecule has 0 radical (unpaired) electrons. The Morgan fingerprint density at radius 3 is 2.67 bits per heavy atom. The van der Waals surface area contributed by atoms with Gasteiger partial charge in [-0.15, -0.1) is 0 Å². The second-order valence-corrected chi connectivity index (χ2v) is 4.37. The molecular formula is C12H22. The van der Waals surface area contributed by atoms with Crippen LogP contribution < -0.4 is 0 Å². The standard InChI is InChI=1S/C12H22/c1-4-6-10(2)9-12-8-5-7-11(12)3/h11-12H,2,4-9H2,1,3H3. The van der Waals surface area contributed by atoms with Crippen molar-refractivity contribution in [2.75, 3.05) is 0 Å². The first-order valence-electron chi connectivity index (χ1n) is 5.40. The van der Waals surface area contributed by atoms with Gasteiger partial charge in [0.05, 0.1) is 0 Å². The molecule has 1 rings (SSSR count). The van der Waals surface area contributed by atoms with Crippen molar-refractivity contribution < 1.29 is 0 Å². The highest BCUT2D eigenvalue weighted by Gasteiger charge is 2.23. The molecule has 1 aliphatic rings. The molecule has 70 valence electrons. The zero-order valence-electron chi connectivity index (χ0n) is 8.60. The van der Waals surface area contributed by atoms with Gasteiger partial charge in [0.2, 0.25) is 0 Å². The molecule has 1 fully saturated rings. The lowest BCUT2D eigenvalue weighted by atomic mass is 9.90. The minimum atomic E-state index is 0.957. The highest BCUT2D eigenvalue weighted by molar-refractivity contribution is 4.97. The molecule has 0 aliphatic heterocycles. The lowest BCUT2D eigenvalue weighted by molar-refractivity contribution is 0.412. The number of allylic oxidation sites excluding steroid dienone is 1. The lowest BCUT2D eigenvalue weighted by Gasteiger charge is -2.16. The van der Waals surface area contributed by atoms with Gasteiger partial charge >= 0.3 is 0 Å². The molecule has 0 N–H and O–H groups in total. The summed E-state index contributed by atoms with van der Waals surface area (Å²) in [5.74, 6) is 1.92. The van der Waals surface area contributed by atoms with Crippen molar-refractivity contribution in [3.05, 3.63) is 12.2 Å². The molecule has 2 atom stereocenters. The van der Waals surface area contributed by atoms with Crippen molar-refractivity contribution in [1.29, 1.82) is 0 Å². The maximum absolute atomic E-state index is 4.14. The van der Waals surface area contributed by atoms with E-state index in [0.717, 1.165) is 11.8 Å².